The molecule has 0 aliphatic heterocycles. The molecule has 0 saturated heterocycles. The molecule has 0 radical (unpaired) electrons. The fraction of sp³-hybridized carbons (Fsp3) is 0.143. The molecule has 0 bridgehead atoms. The first kappa shape index (κ1) is 14.1. The Morgan fingerprint density at radius 2 is 2.17 bits per heavy atom. The molecule has 0 saturated carbocycles. The molecule has 1 aromatic carbocycles. The molecule has 1 aromatic rings. The van der Waals surface area contributed by atoms with E-state index in [1.807, 2.05) is 36.6 Å². The van der Waals surface area contributed by atoms with E-state index in [-0.39, 0.29) is 11.5 Å². The van der Waals surface area contributed by atoms with E-state index in [2.05, 4.69) is 11.9 Å². The highest BCUT2D eigenvalue weighted by atomic mass is 32.2. The molecule has 1 amide bonds. The van der Waals surface area contributed by atoms with Gasteiger partial charge in [0.25, 0.3) is 5.91 Å². The quantitative estimate of drug-likeness (QED) is 0.382. The summed E-state index contributed by atoms with van der Waals surface area (Å²) in [4.78, 5) is 12.7. The molecule has 3 nitrogen and oxygen atoms in total. The second-order valence-corrected chi connectivity index (χ2v) is 4.32. The smallest absolute Gasteiger partial charge is 0.262 e. The monoisotopic (exact) mass is 258 g/mol. The zero-order valence-corrected chi connectivity index (χ0v) is 11.0. The molecule has 0 aliphatic rings. The summed E-state index contributed by atoms with van der Waals surface area (Å²) < 4.78 is 0. The molecule has 0 fully saturated rings. The average molecular weight is 258 g/mol. The van der Waals surface area contributed by atoms with Gasteiger partial charge in [-0.25, -0.2) is 0 Å². The van der Waals surface area contributed by atoms with Crippen LogP contribution in [0.15, 0.2) is 47.4 Å². The van der Waals surface area contributed by atoms with Crippen LogP contribution in [-0.4, -0.2) is 18.7 Å². The average Bonchev–Trinajstić information content (AvgIpc) is 2.42. The van der Waals surface area contributed by atoms with Gasteiger partial charge in [0.05, 0.1) is 0 Å². The molecule has 18 heavy (non-hydrogen) atoms. The number of amides is 1. The second-order valence-electron chi connectivity index (χ2n) is 3.44. The molecule has 0 aliphatic carbocycles. The zero-order chi connectivity index (χ0) is 13.4. The maximum atomic E-state index is 11.6. The predicted octanol–water partition coefficient (Wildman–Crippen LogP) is 2.62. The fourth-order valence-corrected chi connectivity index (χ4v) is 1.68. The van der Waals surface area contributed by atoms with E-state index in [1.54, 1.807) is 23.9 Å². The van der Waals surface area contributed by atoms with Crippen LogP contribution in [0.25, 0.3) is 6.08 Å². The van der Waals surface area contributed by atoms with E-state index in [1.165, 1.54) is 0 Å². The lowest BCUT2D eigenvalue weighted by atomic mass is 10.1. The molecule has 0 spiro atoms. The summed E-state index contributed by atoms with van der Waals surface area (Å²) in [5, 5.41) is 11.5. The van der Waals surface area contributed by atoms with Gasteiger partial charge in [-0.2, -0.15) is 5.26 Å². The fourth-order valence-electron chi connectivity index (χ4n) is 1.28. The summed E-state index contributed by atoms with van der Waals surface area (Å²) in [6, 6.07) is 9.56. The third-order valence-corrected chi connectivity index (χ3v) is 2.94. The lowest BCUT2D eigenvalue weighted by molar-refractivity contribution is -0.116. The summed E-state index contributed by atoms with van der Waals surface area (Å²) in [5.74, 6) is -0.383. The number of thioether (sulfide) groups is 1. The van der Waals surface area contributed by atoms with Crippen molar-refractivity contribution in [3.8, 4) is 6.07 Å². The van der Waals surface area contributed by atoms with Crippen molar-refractivity contribution >= 4 is 23.7 Å². The summed E-state index contributed by atoms with van der Waals surface area (Å²) in [6.07, 6.45) is 5.14. The van der Waals surface area contributed by atoms with Crippen molar-refractivity contribution in [1.82, 2.24) is 5.32 Å². The minimum atomic E-state index is -0.383. The Morgan fingerprint density at radius 1 is 1.50 bits per heavy atom. The number of nitrogens with one attached hydrogen (secondary N) is 1. The Labute approximate surface area is 111 Å². The van der Waals surface area contributed by atoms with Crippen LogP contribution in [0.2, 0.25) is 0 Å². The third kappa shape index (κ3) is 4.11. The van der Waals surface area contributed by atoms with E-state index in [0.717, 1.165) is 10.5 Å². The van der Waals surface area contributed by atoms with Gasteiger partial charge in [0, 0.05) is 11.4 Å². The minimum absolute atomic E-state index is 0.0914. The molecular weight excluding hydrogens is 244 g/mol. The van der Waals surface area contributed by atoms with Crippen molar-refractivity contribution in [3.63, 3.8) is 0 Å². The van der Waals surface area contributed by atoms with E-state index in [9.17, 15) is 4.79 Å². The molecular formula is C14H14N2OS. The maximum absolute atomic E-state index is 11.6. The van der Waals surface area contributed by atoms with Crippen molar-refractivity contribution < 1.29 is 4.79 Å². The number of hydrogen-bond acceptors (Lipinski definition) is 3. The first-order valence-electron chi connectivity index (χ1n) is 5.36. The van der Waals surface area contributed by atoms with Gasteiger partial charge in [-0.1, -0.05) is 18.2 Å². The van der Waals surface area contributed by atoms with E-state index < -0.39 is 0 Å². The number of hydrogen-bond donors (Lipinski definition) is 1. The molecule has 1 rings (SSSR count). The normalized spacial score (nSPS) is 10.6. The molecule has 1 N–H and O–H groups in total. The van der Waals surface area contributed by atoms with Crippen LogP contribution in [0.1, 0.15) is 5.56 Å². The second kappa shape index (κ2) is 7.36. The van der Waals surface area contributed by atoms with E-state index in [0.29, 0.717) is 6.54 Å². The highest BCUT2D eigenvalue weighted by molar-refractivity contribution is 7.98. The summed E-state index contributed by atoms with van der Waals surface area (Å²) in [5.41, 5.74) is 0.923. The number of rotatable bonds is 5. The molecule has 0 heterocycles. The van der Waals surface area contributed by atoms with E-state index in [4.69, 9.17) is 5.26 Å². The Kier molecular flexibility index (Phi) is 5.75. The van der Waals surface area contributed by atoms with Crippen LogP contribution in [0, 0.1) is 11.3 Å². The van der Waals surface area contributed by atoms with Crippen molar-refractivity contribution in [2.24, 2.45) is 0 Å². The van der Waals surface area contributed by atoms with Gasteiger partial charge in [-0.3, -0.25) is 4.79 Å². The summed E-state index contributed by atoms with van der Waals surface area (Å²) in [6.45, 7) is 3.85. The Bertz CT molecular complexity index is 498. The van der Waals surface area contributed by atoms with Gasteiger partial charge in [0.1, 0.15) is 11.6 Å². The third-order valence-electron chi connectivity index (χ3n) is 2.20. The first-order chi connectivity index (χ1) is 8.71. The number of carbonyl (C=O) groups excluding carboxylic acids is 1. The van der Waals surface area contributed by atoms with Crippen molar-refractivity contribution in [3.05, 3.63) is 48.1 Å². The SMILES string of the molecule is C=CCNC(=O)/C(C#N)=C/c1ccc(SC)cc1. The van der Waals surface area contributed by atoms with Crippen molar-refractivity contribution in [2.75, 3.05) is 12.8 Å². The summed E-state index contributed by atoms with van der Waals surface area (Å²) in [7, 11) is 0. The first-order valence-corrected chi connectivity index (χ1v) is 6.58. The number of nitrogens with zero attached hydrogens (tertiary/aromatic N) is 1. The molecule has 0 aromatic heterocycles. The van der Waals surface area contributed by atoms with Gasteiger partial charge in [-0.15, -0.1) is 18.3 Å². The summed E-state index contributed by atoms with van der Waals surface area (Å²) >= 11 is 1.64. The zero-order valence-electron chi connectivity index (χ0n) is 10.1. The Hall–Kier alpha value is -1.99. The Morgan fingerprint density at radius 3 is 2.67 bits per heavy atom. The standard InChI is InChI=1S/C14H14N2OS/c1-3-8-16-14(17)12(10-15)9-11-4-6-13(18-2)7-5-11/h3-7,9H,1,8H2,2H3,(H,16,17)/b12-9+. The number of nitriles is 1. The maximum Gasteiger partial charge on any atom is 0.262 e. The van der Waals surface area contributed by atoms with Crippen molar-refractivity contribution in [1.29, 1.82) is 5.26 Å². The van der Waals surface area contributed by atoms with E-state index >= 15 is 0 Å². The van der Waals surface area contributed by atoms with Gasteiger partial charge >= 0.3 is 0 Å². The lowest BCUT2D eigenvalue weighted by Crippen LogP contribution is -2.24. The highest BCUT2D eigenvalue weighted by Crippen LogP contribution is 2.16. The van der Waals surface area contributed by atoms with Gasteiger partial charge in [0.2, 0.25) is 0 Å². The predicted molar refractivity (Wildman–Crippen MR) is 75.0 cm³/mol. The minimum Gasteiger partial charge on any atom is -0.348 e. The number of benzene rings is 1. The van der Waals surface area contributed by atoms with Crippen LogP contribution in [0.3, 0.4) is 0 Å². The topological polar surface area (TPSA) is 52.9 Å². The Balaban J connectivity index is 2.86. The van der Waals surface area contributed by atoms with Crippen LogP contribution >= 0.6 is 11.8 Å². The van der Waals surface area contributed by atoms with Crippen molar-refractivity contribution in [2.45, 2.75) is 4.90 Å². The lowest BCUT2D eigenvalue weighted by Gasteiger charge is -2.01. The number of carbonyl (C=O) groups is 1. The van der Waals surface area contributed by atoms with Crippen LogP contribution in [-0.2, 0) is 4.79 Å². The van der Waals surface area contributed by atoms with Crippen LogP contribution in [0.4, 0.5) is 0 Å². The molecule has 0 atom stereocenters. The molecule has 4 heteroatoms. The van der Waals surface area contributed by atoms with Crippen LogP contribution in [0.5, 0.6) is 0 Å². The largest absolute Gasteiger partial charge is 0.348 e. The molecule has 92 valence electrons. The van der Waals surface area contributed by atoms with Gasteiger partial charge in [0.15, 0.2) is 0 Å². The molecule has 0 unspecified atom stereocenters. The van der Waals surface area contributed by atoms with Gasteiger partial charge in [-0.05, 0) is 30.0 Å². The van der Waals surface area contributed by atoms with Gasteiger partial charge < -0.3 is 5.32 Å². The van der Waals surface area contributed by atoms with Crippen LogP contribution < -0.4 is 5.32 Å². The highest BCUT2D eigenvalue weighted by Gasteiger charge is 2.07.